The Morgan fingerprint density at radius 2 is 1.54 bits per heavy atom. The maximum absolute atomic E-state index is 10.2. The van der Waals surface area contributed by atoms with Gasteiger partial charge in [-0.3, -0.25) is 0 Å². The third kappa shape index (κ3) is 6.27. The number of nitrogens with one attached hydrogen (secondary N) is 1. The van der Waals surface area contributed by atoms with Gasteiger partial charge in [0.25, 0.3) is 0 Å². The molecule has 0 aliphatic heterocycles. The first-order valence-corrected chi connectivity index (χ1v) is 8.42. The fourth-order valence-corrected chi connectivity index (χ4v) is 2.67. The van der Waals surface area contributed by atoms with Crippen LogP contribution in [-0.4, -0.2) is 17.7 Å². The van der Waals surface area contributed by atoms with Gasteiger partial charge in [-0.05, 0) is 35.4 Å². The van der Waals surface area contributed by atoms with Crippen LogP contribution < -0.4 is 5.32 Å². The van der Waals surface area contributed by atoms with E-state index in [0.29, 0.717) is 12.6 Å². The molecule has 2 aromatic rings. The third-order valence-corrected chi connectivity index (χ3v) is 4.21. The van der Waals surface area contributed by atoms with Crippen LogP contribution in [0.4, 0.5) is 0 Å². The highest BCUT2D eigenvalue weighted by molar-refractivity contribution is 5.85. The molecule has 0 aliphatic rings. The molecule has 3 heteroatoms. The first-order valence-electron chi connectivity index (χ1n) is 8.42. The Kier molecular flexibility index (Phi) is 7.95. The van der Waals surface area contributed by atoms with Crippen LogP contribution in [0.2, 0.25) is 0 Å². The van der Waals surface area contributed by atoms with E-state index < -0.39 is 6.10 Å². The lowest BCUT2D eigenvalue weighted by Gasteiger charge is -2.20. The normalized spacial score (nSPS) is 13.9. The van der Waals surface area contributed by atoms with Crippen molar-refractivity contribution in [3.63, 3.8) is 0 Å². The van der Waals surface area contributed by atoms with Crippen molar-refractivity contribution in [3.05, 3.63) is 71.3 Å². The summed E-state index contributed by atoms with van der Waals surface area (Å²) in [4.78, 5) is 0. The smallest absolute Gasteiger partial charge is 0.0914 e. The van der Waals surface area contributed by atoms with Crippen molar-refractivity contribution >= 4 is 12.4 Å². The van der Waals surface area contributed by atoms with Crippen LogP contribution in [0, 0.1) is 0 Å². The summed E-state index contributed by atoms with van der Waals surface area (Å²) >= 11 is 0. The van der Waals surface area contributed by atoms with Crippen molar-refractivity contribution in [2.75, 3.05) is 6.54 Å². The van der Waals surface area contributed by atoms with E-state index in [4.69, 9.17) is 0 Å². The van der Waals surface area contributed by atoms with E-state index in [1.54, 1.807) is 0 Å². The van der Waals surface area contributed by atoms with Crippen LogP contribution in [0.15, 0.2) is 54.6 Å². The average Bonchev–Trinajstić information content (AvgIpc) is 2.53. The van der Waals surface area contributed by atoms with Crippen LogP contribution in [-0.2, 0) is 11.8 Å². The van der Waals surface area contributed by atoms with Gasteiger partial charge >= 0.3 is 0 Å². The highest BCUT2D eigenvalue weighted by Crippen LogP contribution is 2.22. The molecule has 0 saturated carbocycles. The molecule has 24 heavy (non-hydrogen) atoms. The second-order valence-corrected chi connectivity index (χ2v) is 7.39. The lowest BCUT2D eigenvalue weighted by Crippen LogP contribution is -2.32. The van der Waals surface area contributed by atoms with E-state index >= 15 is 0 Å². The summed E-state index contributed by atoms with van der Waals surface area (Å²) < 4.78 is 0. The summed E-state index contributed by atoms with van der Waals surface area (Å²) in [5, 5.41) is 13.6. The summed E-state index contributed by atoms with van der Waals surface area (Å²) in [7, 11) is 0. The number of hydrogen-bond acceptors (Lipinski definition) is 2. The predicted molar refractivity (Wildman–Crippen MR) is 105 cm³/mol. The number of benzene rings is 2. The summed E-state index contributed by atoms with van der Waals surface area (Å²) in [5.41, 5.74) is 3.85. The van der Waals surface area contributed by atoms with Gasteiger partial charge in [-0.2, -0.15) is 0 Å². The van der Waals surface area contributed by atoms with Crippen molar-refractivity contribution < 1.29 is 5.11 Å². The Hall–Kier alpha value is -1.35. The predicted octanol–water partition coefficient (Wildman–Crippen LogP) is 4.66. The molecule has 0 saturated heterocycles. The second kappa shape index (κ2) is 9.22. The molecular formula is C21H30ClNO. The second-order valence-electron chi connectivity index (χ2n) is 7.39. The monoisotopic (exact) mass is 347 g/mol. The van der Waals surface area contributed by atoms with Gasteiger partial charge in [0.15, 0.2) is 0 Å². The zero-order chi connectivity index (χ0) is 16.9. The molecule has 0 aliphatic carbocycles. The Balaban J connectivity index is 0.00000288. The zero-order valence-electron chi connectivity index (χ0n) is 15.1. The van der Waals surface area contributed by atoms with Crippen LogP contribution >= 0.6 is 12.4 Å². The standard InChI is InChI=1S/C21H29NO.ClH/c1-16(22-15-20(23)18-8-6-5-7-9-18)14-17-10-12-19(13-11-17)21(2,3)4;/h5-13,16,20,22-23H,14-15H2,1-4H3;1H. The zero-order valence-corrected chi connectivity index (χ0v) is 15.9. The molecule has 2 aromatic carbocycles. The SMILES string of the molecule is CC(Cc1ccc(C(C)(C)C)cc1)NCC(O)c1ccccc1.Cl. The van der Waals surface area contributed by atoms with Gasteiger partial charge in [0.05, 0.1) is 6.10 Å². The largest absolute Gasteiger partial charge is 0.387 e. The van der Waals surface area contributed by atoms with E-state index in [1.165, 1.54) is 11.1 Å². The Morgan fingerprint density at radius 1 is 0.958 bits per heavy atom. The van der Waals surface area contributed by atoms with E-state index in [2.05, 4.69) is 57.3 Å². The number of halogens is 1. The first-order chi connectivity index (χ1) is 10.9. The van der Waals surface area contributed by atoms with Crippen molar-refractivity contribution in [1.82, 2.24) is 5.32 Å². The average molecular weight is 348 g/mol. The van der Waals surface area contributed by atoms with Crippen LogP contribution in [0.5, 0.6) is 0 Å². The molecule has 0 amide bonds. The molecule has 2 unspecified atom stereocenters. The molecule has 0 bridgehead atoms. The molecular weight excluding hydrogens is 318 g/mol. The number of aliphatic hydroxyl groups is 1. The topological polar surface area (TPSA) is 32.3 Å². The highest BCUT2D eigenvalue weighted by Gasteiger charge is 2.13. The Morgan fingerprint density at radius 3 is 2.08 bits per heavy atom. The third-order valence-electron chi connectivity index (χ3n) is 4.21. The van der Waals surface area contributed by atoms with Gasteiger partial charge in [0.2, 0.25) is 0 Å². The maximum Gasteiger partial charge on any atom is 0.0914 e. The molecule has 0 spiro atoms. The molecule has 0 radical (unpaired) electrons. The maximum atomic E-state index is 10.2. The quantitative estimate of drug-likeness (QED) is 0.796. The van der Waals surface area contributed by atoms with Gasteiger partial charge in [-0.25, -0.2) is 0 Å². The molecule has 0 aromatic heterocycles. The minimum absolute atomic E-state index is 0. The number of hydrogen-bond donors (Lipinski definition) is 2. The Bertz CT molecular complexity index is 589. The van der Waals surface area contributed by atoms with E-state index in [9.17, 15) is 5.11 Å². The van der Waals surface area contributed by atoms with Crippen LogP contribution in [0.3, 0.4) is 0 Å². The number of aliphatic hydroxyl groups excluding tert-OH is 1. The van der Waals surface area contributed by atoms with Crippen LogP contribution in [0.25, 0.3) is 0 Å². The summed E-state index contributed by atoms with van der Waals surface area (Å²) in [5.74, 6) is 0. The molecule has 2 nitrogen and oxygen atoms in total. The van der Waals surface area contributed by atoms with E-state index in [-0.39, 0.29) is 17.8 Å². The fraction of sp³-hybridized carbons (Fsp3) is 0.429. The summed E-state index contributed by atoms with van der Waals surface area (Å²) in [6, 6.07) is 19.0. The first kappa shape index (κ1) is 20.7. The molecule has 2 rings (SSSR count). The van der Waals surface area contributed by atoms with Gasteiger partial charge in [-0.15, -0.1) is 12.4 Å². The molecule has 0 heterocycles. The van der Waals surface area contributed by atoms with Crippen molar-refractivity contribution in [2.45, 2.75) is 51.7 Å². The summed E-state index contributed by atoms with van der Waals surface area (Å²) in [6.45, 7) is 9.44. The van der Waals surface area contributed by atoms with Gasteiger partial charge in [-0.1, -0.05) is 75.4 Å². The van der Waals surface area contributed by atoms with Crippen molar-refractivity contribution in [3.8, 4) is 0 Å². The van der Waals surface area contributed by atoms with Gasteiger partial charge < -0.3 is 10.4 Å². The van der Waals surface area contributed by atoms with E-state index in [0.717, 1.165) is 12.0 Å². The Labute approximate surface area is 152 Å². The molecule has 132 valence electrons. The summed E-state index contributed by atoms with van der Waals surface area (Å²) in [6.07, 6.45) is 0.508. The van der Waals surface area contributed by atoms with Crippen molar-refractivity contribution in [2.24, 2.45) is 0 Å². The highest BCUT2D eigenvalue weighted by atomic mass is 35.5. The molecule has 0 fully saturated rings. The van der Waals surface area contributed by atoms with Gasteiger partial charge in [0.1, 0.15) is 0 Å². The fourth-order valence-electron chi connectivity index (χ4n) is 2.67. The van der Waals surface area contributed by atoms with E-state index in [1.807, 2.05) is 30.3 Å². The van der Waals surface area contributed by atoms with Crippen molar-refractivity contribution in [1.29, 1.82) is 0 Å². The number of rotatable bonds is 6. The van der Waals surface area contributed by atoms with Gasteiger partial charge in [0, 0.05) is 12.6 Å². The lowest BCUT2D eigenvalue weighted by molar-refractivity contribution is 0.170. The minimum Gasteiger partial charge on any atom is -0.387 e. The van der Waals surface area contributed by atoms with Crippen LogP contribution in [0.1, 0.15) is 50.5 Å². The lowest BCUT2D eigenvalue weighted by atomic mass is 9.86. The molecule has 2 atom stereocenters. The minimum atomic E-state index is -0.457. The molecule has 2 N–H and O–H groups in total.